The Balaban J connectivity index is 2.04. The molecule has 0 bridgehead atoms. The van der Waals surface area contributed by atoms with Crippen molar-refractivity contribution in [3.05, 3.63) is 41.7 Å². The van der Waals surface area contributed by atoms with Gasteiger partial charge in [-0.1, -0.05) is 11.6 Å². The normalized spacial score (nSPS) is 11.1. The molecule has 0 aliphatic rings. The molecule has 1 heterocycles. The molecule has 2 rings (SSSR count). The second-order valence-corrected chi connectivity index (χ2v) is 4.94. The first-order valence-electron chi connectivity index (χ1n) is 5.72. The average molecular weight is 280 g/mol. The number of H-pyrrole nitrogens is 1. The minimum absolute atomic E-state index is 0.260. The number of anilines is 1. The summed E-state index contributed by atoms with van der Waals surface area (Å²) >= 11 is 5.80. The predicted octanol–water partition coefficient (Wildman–Crippen LogP) is 2.86. The number of aromatic amines is 1. The largest absolute Gasteiger partial charge is 0.478 e. The quantitative estimate of drug-likeness (QED) is 0.904. The van der Waals surface area contributed by atoms with E-state index in [1.807, 2.05) is 0 Å². The first-order valence-corrected chi connectivity index (χ1v) is 6.10. The highest BCUT2D eigenvalue weighted by molar-refractivity contribution is 6.30. The van der Waals surface area contributed by atoms with Crippen molar-refractivity contribution >= 4 is 23.2 Å². The van der Waals surface area contributed by atoms with Gasteiger partial charge in [0.15, 0.2) is 5.60 Å². The molecule has 0 saturated heterocycles. The van der Waals surface area contributed by atoms with E-state index in [9.17, 15) is 4.79 Å². The van der Waals surface area contributed by atoms with Gasteiger partial charge < -0.3 is 10.1 Å². The minimum Gasteiger partial charge on any atom is -0.478 e. The summed E-state index contributed by atoms with van der Waals surface area (Å²) < 4.78 is 5.67. The Morgan fingerprint density at radius 2 is 2.05 bits per heavy atom. The molecule has 1 amide bonds. The zero-order chi connectivity index (χ0) is 13.9. The van der Waals surface area contributed by atoms with E-state index in [0.29, 0.717) is 16.5 Å². The van der Waals surface area contributed by atoms with Gasteiger partial charge in [-0.05, 0) is 38.1 Å². The number of benzene rings is 1. The molecule has 0 aliphatic heterocycles. The fraction of sp³-hybridized carbons (Fsp3) is 0.231. The van der Waals surface area contributed by atoms with Crippen molar-refractivity contribution in [1.29, 1.82) is 0 Å². The summed E-state index contributed by atoms with van der Waals surface area (Å²) in [4.78, 5) is 12.1. The third-order valence-corrected chi connectivity index (χ3v) is 2.74. The monoisotopic (exact) mass is 279 g/mol. The van der Waals surface area contributed by atoms with Gasteiger partial charge in [0, 0.05) is 11.2 Å². The van der Waals surface area contributed by atoms with E-state index >= 15 is 0 Å². The molecule has 0 atom stereocenters. The van der Waals surface area contributed by atoms with Crippen LogP contribution in [0.15, 0.2) is 36.7 Å². The lowest BCUT2D eigenvalue weighted by atomic mass is 10.1. The van der Waals surface area contributed by atoms with Crippen LogP contribution in [0.25, 0.3) is 0 Å². The molecular formula is C13H14ClN3O2. The van der Waals surface area contributed by atoms with Crippen molar-refractivity contribution in [2.45, 2.75) is 19.4 Å². The van der Waals surface area contributed by atoms with Gasteiger partial charge in [-0.15, -0.1) is 0 Å². The highest BCUT2D eigenvalue weighted by atomic mass is 35.5. The molecule has 0 radical (unpaired) electrons. The van der Waals surface area contributed by atoms with Crippen LogP contribution < -0.4 is 10.1 Å². The summed E-state index contributed by atoms with van der Waals surface area (Å²) in [6.07, 6.45) is 3.12. The number of aromatic nitrogens is 2. The minimum atomic E-state index is -1.01. The molecule has 5 nitrogen and oxygen atoms in total. The van der Waals surface area contributed by atoms with Crippen LogP contribution in [-0.4, -0.2) is 21.7 Å². The zero-order valence-corrected chi connectivity index (χ0v) is 11.4. The fourth-order valence-electron chi connectivity index (χ4n) is 1.44. The Kier molecular flexibility index (Phi) is 3.76. The van der Waals surface area contributed by atoms with Crippen LogP contribution in [0.4, 0.5) is 5.69 Å². The lowest BCUT2D eigenvalue weighted by molar-refractivity contribution is -0.128. The number of hydrogen-bond acceptors (Lipinski definition) is 3. The number of nitrogens with zero attached hydrogens (tertiary/aromatic N) is 1. The Hall–Kier alpha value is -2.01. The third kappa shape index (κ3) is 3.48. The Morgan fingerprint density at radius 3 is 2.63 bits per heavy atom. The fourth-order valence-corrected chi connectivity index (χ4v) is 1.57. The number of nitrogens with one attached hydrogen (secondary N) is 2. The smallest absolute Gasteiger partial charge is 0.268 e. The van der Waals surface area contributed by atoms with Crippen molar-refractivity contribution < 1.29 is 9.53 Å². The molecule has 0 spiro atoms. The Labute approximate surface area is 115 Å². The molecule has 19 heavy (non-hydrogen) atoms. The number of amides is 1. The number of halogens is 1. The molecule has 1 aromatic heterocycles. The Morgan fingerprint density at radius 1 is 1.37 bits per heavy atom. The summed E-state index contributed by atoms with van der Waals surface area (Å²) in [5.41, 5.74) is -0.414. The van der Waals surface area contributed by atoms with Crippen molar-refractivity contribution in [2.24, 2.45) is 0 Å². The molecule has 2 aromatic rings. The maximum atomic E-state index is 12.1. The molecule has 0 fully saturated rings. The average Bonchev–Trinajstić information content (AvgIpc) is 2.84. The van der Waals surface area contributed by atoms with Crippen LogP contribution in [0.1, 0.15) is 13.8 Å². The molecule has 100 valence electrons. The van der Waals surface area contributed by atoms with E-state index in [1.54, 1.807) is 44.3 Å². The van der Waals surface area contributed by atoms with Crippen LogP contribution in [0, 0.1) is 0 Å². The van der Waals surface area contributed by atoms with Crippen molar-refractivity contribution in [1.82, 2.24) is 10.2 Å². The van der Waals surface area contributed by atoms with E-state index < -0.39 is 5.60 Å². The van der Waals surface area contributed by atoms with Gasteiger partial charge in [-0.3, -0.25) is 9.89 Å². The summed E-state index contributed by atoms with van der Waals surface area (Å²) in [7, 11) is 0. The Bertz CT molecular complexity index is 550. The van der Waals surface area contributed by atoms with Gasteiger partial charge in [-0.2, -0.15) is 5.10 Å². The first kappa shape index (κ1) is 13.4. The summed E-state index contributed by atoms with van der Waals surface area (Å²) in [5, 5.41) is 9.71. The van der Waals surface area contributed by atoms with E-state index in [4.69, 9.17) is 16.3 Å². The summed E-state index contributed by atoms with van der Waals surface area (Å²) in [6, 6.07) is 6.85. The molecule has 0 aliphatic carbocycles. The van der Waals surface area contributed by atoms with Crippen LogP contribution in [0.3, 0.4) is 0 Å². The van der Waals surface area contributed by atoms with Gasteiger partial charge in [0.1, 0.15) is 5.75 Å². The number of carbonyl (C=O) groups excluding carboxylic acids is 1. The van der Waals surface area contributed by atoms with Crippen molar-refractivity contribution in [3.63, 3.8) is 0 Å². The van der Waals surface area contributed by atoms with Gasteiger partial charge in [0.2, 0.25) is 0 Å². The molecule has 0 unspecified atom stereocenters. The van der Waals surface area contributed by atoms with E-state index in [-0.39, 0.29) is 5.91 Å². The van der Waals surface area contributed by atoms with E-state index in [1.165, 1.54) is 6.20 Å². The van der Waals surface area contributed by atoms with Crippen LogP contribution in [0.2, 0.25) is 5.02 Å². The molecule has 6 heteroatoms. The topological polar surface area (TPSA) is 67.0 Å². The van der Waals surface area contributed by atoms with Gasteiger partial charge >= 0.3 is 0 Å². The lowest BCUT2D eigenvalue weighted by Gasteiger charge is -2.25. The third-order valence-electron chi connectivity index (χ3n) is 2.49. The molecule has 0 saturated carbocycles. The number of rotatable bonds is 4. The second-order valence-electron chi connectivity index (χ2n) is 4.51. The van der Waals surface area contributed by atoms with E-state index in [2.05, 4.69) is 15.5 Å². The molecule has 1 aromatic carbocycles. The highest BCUT2D eigenvalue weighted by Crippen LogP contribution is 2.21. The van der Waals surface area contributed by atoms with Crippen LogP contribution in [-0.2, 0) is 4.79 Å². The van der Waals surface area contributed by atoms with Gasteiger partial charge in [0.25, 0.3) is 5.91 Å². The number of hydrogen-bond donors (Lipinski definition) is 2. The zero-order valence-electron chi connectivity index (χ0n) is 10.6. The summed E-state index contributed by atoms with van der Waals surface area (Å²) in [5.74, 6) is 0.320. The van der Waals surface area contributed by atoms with Crippen LogP contribution >= 0.6 is 11.6 Å². The SMILES string of the molecule is CC(C)(Oc1ccc(Cl)cc1)C(=O)Nc1cn[nH]c1. The van der Waals surface area contributed by atoms with E-state index in [0.717, 1.165) is 0 Å². The van der Waals surface area contributed by atoms with Crippen LogP contribution in [0.5, 0.6) is 5.75 Å². The summed E-state index contributed by atoms with van der Waals surface area (Å²) in [6.45, 7) is 3.38. The number of carbonyl (C=O) groups is 1. The second kappa shape index (κ2) is 5.32. The van der Waals surface area contributed by atoms with Crippen molar-refractivity contribution in [2.75, 3.05) is 5.32 Å². The predicted molar refractivity (Wildman–Crippen MR) is 73.4 cm³/mol. The van der Waals surface area contributed by atoms with Gasteiger partial charge in [0.05, 0.1) is 11.9 Å². The molecule has 2 N–H and O–H groups in total. The number of ether oxygens (including phenoxy) is 1. The maximum absolute atomic E-state index is 12.1. The standard InChI is InChI=1S/C13H14ClN3O2/c1-13(2,12(18)17-10-7-15-16-8-10)19-11-5-3-9(14)4-6-11/h3-8H,1-2H3,(H,15,16)(H,17,18). The molecular weight excluding hydrogens is 266 g/mol. The van der Waals surface area contributed by atoms with Crippen molar-refractivity contribution in [3.8, 4) is 5.75 Å². The maximum Gasteiger partial charge on any atom is 0.268 e. The first-order chi connectivity index (χ1) is 8.97. The van der Waals surface area contributed by atoms with Gasteiger partial charge in [-0.25, -0.2) is 0 Å². The lowest BCUT2D eigenvalue weighted by Crippen LogP contribution is -2.42. The highest BCUT2D eigenvalue weighted by Gasteiger charge is 2.30.